The molecule has 0 aromatic heterocycles. The van der Waals surface area contributed by atoms with Crippen LogP contribution in [0.4, 0.5) is 0 Å². The Kier molecular flexibility index (Phi) is 4.32. The second-order valence-corrected chi connectivity index (χ2v) is 8.46. The van der Waals surface area contributed by atoms with Crippen molar-refractivity contribution in [3.05, 3.63) is 29.8 Å². The summed E-state index contributed by atoms with van der Waals surface area (Å²) < 4.78 is 0.216. The van der Waals surface area contributed by atoms with Crippen LogP contribution in [0.25, 0.3) is 0 Å². The van der Waals surface area contributed by atoms with Crippen LogP contribution >= 0.6 is 11.8 Å². The normalized spacial score (nSPS) is 14.8. The molecule has 1 aromatic carbocycles. The average Bonchev–Trinajstić information content (AvgIpc) is 2.13. The molecule has 0 bridgehead atoms. The van der Waals surface area contributed by atoms with Crippen LogP contribution in [-0.2, 0) is 0 Å². The minimum atomic E-state index is 0.0774. The van der Waals surface area contributed by atoms with Crippen molar-refractivity contribution in [1.29, 1.82) is 0 Å². The first-order valence-electron chi connectivity index (χ1n) is 6.15. The van der Waals surface area contributed by atoms with Gasteiger partial charge in [0.2, 0.25) is 0 Å². The monoisotopic (exact) mass is 251 g/mol. The van der Waals surface area contributed by atoms with E-state index in [-0.39, 0.29) is 16.2 Å². The van der Waals surface area contributed by atoms with E-state index in [9.17, 15) is 0 Å². The van der Waals surface area contributed by atoms with E-state index >= 15 is 0 Å². The molecule has 0 saturated heterocycles. The summed E-state index contributed by atoms with van der Waals surface area (Å²) in [4.78, 5) is 1.31. The first-order chi connectivity index (χ1) is 7.61. The van der Waals surface area contributed by atoms with Crippen molar-refractivity contribution in [1.82, 2.24) is 0 Å². The van der Waals surface area contributed by atoms with Gasteiger partial charge in [-0.3, -0.25) is 0 Å². The largest absolute Gasteiger partial charge is 0.323 e. The quantitative estimate of drug-likeness (QED) is 0.776. The number of hydrogen-bond acceptors (Lipinski definition) is 2. The lowest BCUT2D eigenvalue weighted by Crippen LogP contribution is -2.27. The fraction of sp³-hybridized carbons (Fsp3) is 0.600. The van der Waals surface area contributed by atoms with Crippen LogP contribution in [0, 0.1) is 5.41 Å². The minimum Gasteiger partial charge on any atom is -0.323 e. The van der Waals surface area contributed by atoms with E-state index in [1.165, 1.54) is 10.5 Å². The summed E-state index contributed by atoms with van der Waals surface area (Å²) in [5.41, 5.74) is 7.73. The Hall–Kier alpha value is -0.470. The Bertz CT molecular complexity index is 371. The van der Waals surface area contributed by atoms with E-state index in [4.69, 9.17) is 5.73 Å². The second-order valence-electron chi connectivity index (χ2n) is 6.60. The number of benzene rings is 1. The van der Waals surface area contributed by atoms with Crippen molar-refractivity contribution in [3.63, 3.8) is 0 Å². The third kappa shape index (κ3) is 4.36. The number of nitrogens with two attached hydrogens (primary N) is 1. The van der Waals surface area contributed by atoms with Crippen LogP contribution in [0.3, 0.4) is 0 Å². The summed E-state index contributed by atoms with van der Waals surface area (Å²) in [5.74, 6) is 0. The van der Waals surface area contributed by atoms with Crippen LogP contribution in [0.2, 0.25) is 0 Å². The molecule has 96 valence electrons. The summed E-state index contributed by atoms with van der Waals surface area (Å²) in [7, 11) is 0. The summed E-state index contributed by atoms with van der Waals surface area (Å²) in [6.07, 6.45) is 0. The lowest BCUT2D eigenvalue weighted by molar-refractivity contribution is 0.323. The number of thioether (sulfide) groups is 1. The predicted molar refractivity (Wildman–Crippen MR) is 78.4 cm³/mol. The first kappa shape index (κ1) is 14.6. The Morgan fingerprint density at radius 1 is 1.00 bits per heavy atom. The molecule has 0 saturated carbocycles. The van der Waals surface area contributed by atoms with Crippen molar-refractivity contribution in [2.75, 3.05) is 0 Å². The van der Waals surface area contributed by atoms with Gasteiger partial charge in [0.05, 0.1) is 0 Å². The third-order valence-electron chi connectivity index (χ3n) is 2.60. The molecule has 0 fully saturated rings. The Balaban J connectivity index is 3.08. The van der Waals surface area contributed by atoms with E-state index in [0.29, 0.717) is 0 Å². The summed E-state index contributed by atoms with van der Waals surface area (Å²) in [6.45, 7) is 13.3. The molecule has 1 nitrogen and oxygen atoms in total. The molecule has 0 spiro atoms. The fourth-order valence-corrected chi connectivity index (χ4v) is 2.75. The first-order valence-corrected chi connectivity index (χ1v) is 6.96. The SMILES string of the molecule is CC(C)(C)Sc1ccccc1[C@H](N)C(C)(C)C. The Morgan fingerprint density at radius 3 is 2.00 bits per heavy atom. The molecule has 0 unspecified atom stereocenters. The van der Waals surface area contributed by atoms with Gasteiger partial charge in [-0.25, -0.2) is 0 Å². The molecule has 0 aliphatic rings. The molecular weight excluding hydrogens is 226 g/mol. The van der Waals surface area contributed by atoms with Gasteiger partial charge in [-0.05, 0) is 17.0 Å². The summed E-state index contributed by atoms with van der Waals surface area (Å²) in [5, 5.41) is 0. The number of rotatable bonds is 2. The van der Waals surface area contributed by atoms with Gasteiger partial charge in [0.15, 0.2) is 0 Å². The lowest BCUT2D eigenvalue weighted by Gasteiger charge is -2.30. The molecule has 0 aliphatic carbocycles. The molecule has 0 radical (unpaired) electrons. The van der Waals surface area contributed by atoms with E-state index in [1.807, 2.05) is 11.8 Å². The summed E-state index contributed by atoms with van der Waals surface area (Å²) in [6, 6.07) is 8.58. The van der Waals surface area contributed by atoms with Crippen molar-refractivity contribution < 1.29 is 0 Å². The van der Waals surface area contributed by atoms with Crippen molar-refractivity contribution in [3.8, 4) is 0 Å². The molecule has 0 aliphatic heterocycles. The zero-order valence-electron chi connectivity index (χ0n) is 11.9. The van der Waals surface area contributed by atoms with Crippen LogP contribution in [0.5, 0.6) is 0 Å². The Morgan fingerprint density at radius 2 is 1.53 bits per heavy atom. The van der Waals surface area contributed by atoms with Crippen LogP contribution in [-0.4, -0.2) is 4.75 Å². The van der Waals surface area contributed by atoms with Gasteiger partial charge in [0.1, 0.15) is 0 Å². The molecule has 0 heterocycles. The molecular formula is C15H25NS. The van der Waals surface area contributed by atoms with E-state index in [2.05, 4.69) is 65.8 Å². The van der Waals surface area contributed by atoms with Gasteiger partial charge in [0, 0.05) is 15.7 Å². The maximum atomic E-state index is 6.38. The molecule has 1 aromatic rings. The second kappa shape index (κ2) is 5.03. The van der Waals surface area contributed by atoms with Crippen molar-refractivity contribution >= 4 is 11.8 Å². The standard InChI is InChI=1S/C15H25NS/c1-14(2,3)13(16)11-9-7-8-10-12(11)17-15(4,5)6/h7-10,13H,16H2,1-6H3/t13-/m0/s1. The highest BCUT2D eigenvalue weighted by Gasteiger charge is 2.25. The maximum Gasteiger partial charge on any atom is 0.0355 e. The molecule has 1 rings (SSSR count). The van der Waals surface area contributed by atoms with Gasteiger partial charge in [0.25, 0.3) is 0 Å². The summed E-state index contributed by atoms with van der Waals surface area (Å²) >= 11 is 1.89. The molecule has 17 heavy (non-hydrogen) atoms. The minimum absolute atomic E-state index is 0.0774. The van der Waals surface area contributed by atoms with E-state index < -0.39 is 0 Å². The molecule has 2 N–H and O–H groups in total. The van der Waals surface area contributed by atoms with Gasteiger partial charge in [-0.2, -0.15) is 0 Å². The third-order valence-corrected chi connectivity index (χ3v) is 3.81. The molecule has 1 atom stereocenters. The van der Waals surface area contributed by atoms with Crippen LogP contribution in [0.1, 0.15) is 53.1 Å². The van der Waals surface area contributed by atoms with Crippen molar-refractivity contribution in [2.45, 2.75) is 57.2 Å². The van der Waals surface area contributed by atoms with Crippen LogP contribution < -0.4 is 5.73 Å². The van der Waals surface area contributed by atoms with Gasteiger partial charge in [-0.1, -0.05) is 59.7 Å². The number of hydrogen-bond donors (Lipinski definition) is 1. The zero-order chi connectivity index (χ0) is 13.3. The average molecular weight is 251 g/mol. The highest BCUT2D eigenvalue weighted by Crippen LogP contribution is 2.40. The van der Waals surface area contributed by atoms with Crippen LogP contribution in [0.15, 0.2) is 29.2 Å². The van der Waals surface area contributed by atoms with Gasteiger partial charge >= 0.3 is 0 Å². The lowest BCUT2D eigenvalue weighted by atomic mass is 9.83. The predicted octanol–water partition coefficient (Wildman–Crippen LogP) is 4.62. The smallest absolute Gasteiger partial charge is 0.0355 e. The van der Waals surface area contributed by atoms with Crippen molar-refractivity contribution in [2.24, 2.45) is 11.1 Å². The fourth-order valence-electron chi connectivity index (χ4n) is 1.63. The highest BCUT2D eigenvalue weighted by atomic mass is 32.2. The maximum absolute atomic E-state index is 6.38. The topological polar surface area (TPSA) is 26.0 Å². The Labute approximate surface area is 110 Å². The van der Waals surface area contributed by atoms with E-state index in [1.54, 1.807) is 0 Å². The zero-order valence-corrected chi connectivity index (χ0v) is 12.7. The highest BCUT2D eigenvalue weighted by molar-refractivity contribution is 8.00. The van der Waals surface area contributed by atoms with Gasteiger partial charge < -0.3 is 5.73 Å². The molecule has 2 heteroatoms. The van der Waals surface area contributed by atoms with E-state index in [0.717, 1.165) is 0 Å². The van der Waals surface area contributed by atoms with Gasteiger partial charge in [-0.15, -0.1) is 11.8 Å². The molecule has 0 amide bonds.